The Morgan fingerprint density at radius 1 is 0.471 bits per heavy atom. The predicted octanol–water partition coefficient (Wildman–Crippen LogP) is 15.2. The number of nitrogen functional groups attached to an aromatic ring is 1. The minimum atomic E-state index is -1.15. The zero-order chi connectivity index (χ0) is 62.4. The maximum absolute atomic E-state index is 13.0. The average Bonchev–Trinajstić information content (AvgIpc) is 2.62. The number of carboxylic acids is 1. The highest BCUT2D eigenvalue weighted by molar-refractivity contribution is 6.08. The number of hydrogen-bond acceptors (Lipinski definition) is 13. The minimum Gasteiger partial charge on any atom is -0.508 e. The number of amides is 2. The van der Waals surface area contributed by atoms with Crippen LogP contribution in [0.3, 0.4) is 0 Å². The molecule has 0 bridgehead atoms. The van der Waals surface area contributed by atoms with Crippen LogP contribution >= 0.6 is 0 Å². The highest BCUT2D eigenvalue weighted by Crippen LogP contribution is 2.31. The maximum Gasteiger partial charge on any atom is 0.514 e. The summed E-state index contributed by atoms with van der Waals surface area (Å²) in [5.41, 5.74) is 15.9. The number of aromatic nitrogens is 4. The smallest absolute Gasteiger partial charge is 0.508 e. The highest BCUT2D eigenvalue weighted by atomic mass is 16.7. The number of anilines is 3. The Kier molecular flexibility index (Phi) is 19.5. The number of aromatic carboxylic acids is 1. The Bertz CT molecular complexity index is 4040. The molecule has 0 spiro atoms. The summed E-state index contributed by atoms with van der Waals surface area (Å²) in [6, 6.07) is 48.3. The van der Waals surface area contributed by atoms with Crippen LogP contribution in [0.15, 0.2) is 213 Å². The van der Waals surface area contributed by atoms with Gasteiger partial charge in [0.05, 0.1) is 46.1 Å². The van der Waals surface area contributed by atoms with Gasteiger partial charge < -0.3 is 54.7 Å². The van der Waals surface area contributed by atoms with Crippen molar-refractivity contribution < 1.29 is 53.1 Å². The fourth-order valence-corrected chi connectivity index (χ4v) is 8.38. The quantitative estimate of drug-likeness (QED) is 0.0434. The van der Waals surface area contributed by atoms with Gasteiger partial charge in [0.15, 0.2) is 0 Å². The zero-order valence-corrected chi connectivity index (χ0v) is 49.1. The number of aryl methyl sites for hydroxylation is 2. The number of carbonyl (C=O) groups excluding carboxylic acids is 4. The molecule has 18 heteroatoms. The molecule has 4 heterocycles. The summed E-state index contributed by atoms with van der Waals surface area (Å²) in [7, 11) is 0. The normalized spacial score (nSPS) is 10.9. The number of nitrogens with one attached hydrogen (secondary N) is 2. The van der Waals surface area contributed by atoms with Crippen molar-refractivity contribution in [2.45, 2.75) is 66.6 Å². The van der Waals surface area contributed by atoms with Gasteiger partial charge >= 0.3 is 18.3 Å². The van der Waals surface area contributed by atoms with Crippen molar-refractivity contribution in [3.8, 4) is 62.0 Å². The van der Waals surface area contributed by atoms with E-state index in [0.29, 0.717) is 39.6 Å². The summed E-state index contributed by atoms with van der Waals surface area (Å²) in [5.74, 6) is -0.905. The number of pyridine rings is 2. The summed E-state index contributed by atoms with van der Waals surface area (Å²) >= 11 is 0. The highest BCUT2D eigenvalue weighted by Gasteiger charge is 2.21. The van der Waals surface area contributed by atoms with Gasteiger partial charge in [-0.3, -0.25) is 19.6 Å². The van der Waals surface area contributed by atoms with Crippen molar-refractivity contribution in [2.75, 3.05) is 16.4 Å². The number of benzene rings is 6. The average molecular weight is 1170 g/mol. The number of nitrogens with two attached hydrogens (primary N) is 1. The van der Waals surface area contributed by atoms with Crippen LogP contribution in [0.4, 0.5) is 26.7 Å². The summed E-state index contributed by atoms with van der Waals surface area (Å²) < 4.78 is 24.4. The molecule has 442 valence electrons. The molecule has 87 heavy (non-hydrogen) atoms. The topological polar surface area (TPSA) is 248 Å². The van der Waals surface area contributed by atoms with Crippen LogP contribution < -0.4 is 25.8 Å². The van der Waals surface area contributed by atoms with E-state index in [1.807, 2.05) is 133 Å². The van der Waals surface area contributed by atoms with Gasteiger partial charge in [0.25, 0.3) is 11.8 Å². The van der Waals surface area contributed by atoms with Gasteiger partial charge in [0.2, 0.25) is 0 Å². The second-order valence-electron chi connectivity index (χ2n) is 21.8. The molecule has 4 aromatic heterocycles. The van der Waals surface area contributed by atoms with Gasteiger partial charge in [-0.2, -0.15) is 0 Å². The van der Waals surface area contributed by atoms with Gasteiger partial charge in [0.1, 0.15) is 28.5 Å². The van der Waals surface area contributed by atoms with E-state index < -0.39 is 35.4 Å². The number of carbonyl (C=O) groups is 5. The van der Waals surface area contributed by atoms with Crippen LogP contribution in [0.1, 0.15) is 83.7 Å². The lowest BCUT2D eigenvalue weighted by Crippen LogP contribution is -2.25. The molecule has 0 fully saturated rings. The molecule has 2 amide bonds. The molecular formula is C69H65N7O11. The number of nitrogens with zero attached hydrogens (tertiary/aromatic N) is 4. The monoisotopic (exact) mass is 1170 g/mol. The summed E-state index contributed by atoms with van der Waals surface area (Å²) in [4.78, 5) is 69.2. The molecule has 0 aliphatic heterocycles. The minimum absolute atomic E-state index is 0.0274. The van der Waals surface area contributed by atoms with Crippen molar-refractivity contribution in [3.05, 3.63) is 241 Å². The lowest BCUT2D eigenvalue weighted by molar-refractivity contribution is 0.0193. The number of phenolic OH excluding ortho intramolecular Hbond substituents is 1. The fourth-order valence-electron chi connectivity index (χ4n) is 8.38. The van der Waals surface area contributed by atoms with Gasteiger partial charge in [-0.15, -0.1) is 0 Å². The molecule has 0 radical (unpaired) electrons. The van der Waals surface area contributed by atoms with E-state index in [0.717, 1.165) is 50.3 Å². The second-order valence-corrected chi connectivity index (χ2v) is 21.8. The molecule has 6 aromatic carbocycles. The third-order valence-electron chi connectivity index (χ3n) is 12.8. The summed E-state index contributed by atoms with van der Waals surface area (Å²) in [6.07, 6.45) is 12.3. The van der Waals surface area contributed by atoms with Crippen LogP contribution in [0.2, 0.25) is 0 Å². The van der Waals surface area contributed by atoms with E-state index >= 15 is 0 Å². The van der Waals surface area contributed by atoms with Crippen LogP contribution in [0, 0.1) is 13.8 Å². The van der Waals surface area contributed by atoms with Gasteiger partial charge in [-0.25, -0.2) is 14.4 Å². The standard InChI is InChI=1S/C28H27N3O4.C23H17N3O4.C18H21NO3/c1-19-7-8-21(20-9-11-24(12-10-20)34-27(33)35-28(2,3)4)16-25(19)30-26(32)22-15-23(18-29-17-22)31-13-5-6-14-31;27-19-6-3-15(4-7-19)16-5-8-20(23(29)30)21(12-16)25-22(28)17-11-18(14-24-13-17)26-9-1-2-10-26;1-12-5-6-14(11-16(12)19)13-7-9-15(10-8-13)21-17(20)22-18(2,3)4/h5-18H,1-4H3,(H,30,32);1-14,27H,(H,25,28)(H,29,30);5-11H,19H2,1-4H3. The van der Waals surface area contributed by atoms with Crippen molar-refractivity contribution in [1.29, 1.82) is 0 Å². The molecule has 0 aliphatic rings. The lowest BCUT2D eigenvalue weighted by Gasteiger charge is -2.18. The number of rotatable bonds is 12. The van der Waals surface area contributed by atoms with Gasteiger partial charge in [0, 0.05) is 48.6 Å². The molecule has 0 saturated carbocycles. The molecule has 0 saturated heterocycles. The Hall–Kier alpha value is -11.3. The van der Waals surface area contributed by atoms with Crippen molar-refractivity contribution in [2.24, 2.45) is 0 Å². The van der Waals surface area contributed by atoms with Crippen LogP contribution in [0.5, 0.6) is 17.2 Å². The number of phenols is 1. The number of aromatic hydroxyl groups is 1. The van der Waals surface area contributed by atoms with Crippen LogP contribution in [-0.2, 0) is 9.47 Å². The van der Waals surface area contributed by atoms with Crippen LogP contribution in [0.25, 0.3) is 44.8 Å². The Morgan fingerprint density at radius 3 is 1.28 bits per heavy atom. The fraction of sp³-hybridized carbons (Fsp3) is 0.145. The third-order valence-corrected chi connectivity index (χ3v) is 12.8. The van der Waals surface area contributed by atoms with Crippen molar-refractivity contribution in [3.63, 3.8) is 0 Å². The van der Waals surface area contributed by atoms with Crippen molar-refractivity contribution >= 4 is 47.2 Å². The van der Waals surface area contributed by atoms with E-state index in [1.165, 1.54) is 24.4 Å². The molecular weight excluding hydrogens is 1100 g/mol. The Balaban J connectivity index is 0.000000174. The Morgan fingerprint density at radius 2 is 0.851 bits per heavy atom. The summed E-state index contributed by atoms with van der Waals surface area (Å²) in [5, 5.41) is 24.7. The molecule has 10 aromatic rings. The van der Waals surface area contributed by atoms with Crippen molar-refractivity contribution in [1.82, 2.24) is 19.1 Å². The molecule has 0 atom stereocenters. The summed E-state index contributed by atoms with van der Waals surface area (Å²) in [6.45, 7) is 14.6. The third kappa shape index (κ3) is 17.6. The molecule has 18 nitrogen and oxygen atoms in total. The Labute approximate surface area is 503 Å². The van der Waals surface area contributed by atoms with Gasteiger partial charge in [-0.05, 0) is 197 Å². The maximum atomic E-state index is 13.0. The zero-order valence-electron chi connectivity index (χ0n) is 49.1. The van der Waals surface area contributed by atoms with E-state index in [4.69, 9.17) is 24.7 Å². The second kappa shape index (κ2) is 27.4. The molecule has 0 unspecified atom stereocenters. The van der Waals surface area contributed by atoms with E-state index in [2.05, 4.69) is 20.6 Å². The largest absolute Gasteiger partial charge is 0.514 e. The van der Waals surface area contributed by atoms with Gasteiger partial charge in [-0.1, -0.05) is 66.7 Å². The first-order valence-corrected chi connectivity index (χ1v) is 27.4. The first-order chi connectivity index (χ1) is 41.4. The van der Waals surface area contributed by atoms with Crippen LogP contribution in [-0.4, -0.2) is 70.6 Å². The number of carboxylic acid groups (broad SMARTS) is 1. The van der Waals surface area contributed by atoms with E-state index in [1.54, 1.807) is 121 Å². The first-order valence-electron chi connectivity index (χ1n) is 27.4. The molecule has 6 N–H and O–H groups in total. The number of ether oxygens (including phenoxy) is 4. The predicted molar refractivity (Wildman–Crippen MR) is 335 cm³/mol. The van der Waals surface area contributed by atoms with E-state index in [-0.39, 0.29) is 22.9 Å². The molecule has 0 aliphatic carbocycles. The van der Waals surface area contributed by atoms with E-state index in [9.17, 15) is 34.2 Å². The lowest BCUT2D eigenvalue weighted by atomic mass is 10.0. The first kappa shape index (κ1) is 61.8. The number of hydrogen-bond donors (Lipinski definition) is 5. The SMILES string of the molecule is Cc1ccc(-c2ccc(OC(=O)OC(C)(C)C)cc2)cc1N.Cc1ccc(-c2ccc(OC(=O)OC(C)(C)C)cc2)cc1NC(=O)c1cncc(-n2cccc2)c1.O=C(Nc1cc(-c2ccc(O)cc2)ccc1C(=O)O)c1cncc(-n2cccc2)c1. The molecule has 10 rings (SSSR count).